The van der Waals surface area contributed by atoms with E-state index in [9.17, 15) is 8.78 Å². The SMILES string of the molecule is FC(F)CNN1CCCCC1. The summed E-state index contributed by atoms with van der Waals surface area (Å²) in [6, 6.07) is 0. The molecule has 66 valence electrons. The Morgan fingerprint density at radius 3 is 2.36 bits per heavy atom. The van der Waals surface area contributed by atoms with Crippen molar-refractivity contribution in [3.05, 3.63) is 0 Å². The van der Waals surface area contributed by atoms with Crippen LogP contribution in [-0.2, 0) is 0 Å². The second kappa shape index (κ2) is 4.62. The van der Waals surface area contributed by atoms with Crippen LogP contribution in [0.1, 0.15) is 19.3 Å². The molecule has 1 aliphatic heterocycles. The molecule has 1 fully saturated rings. The zero-order chi connectivity index (χ0) is 8.10. The molecule has 1 heterocycles. The van der Waals surface area contributed by atoms with Crippen LogP contribution in [0.25, 0.3) is 0 Å². The summed E-state index contributed by atoms with van der Waals surface area (Å²) >= 11 is 0. The third-order valence-corrected chi connectivity index (χ3v) is 1.83. The van der Waals surface area contributed by atoms with Gasteiger partial charge in [0.15, 0.2) is 0 Å². The van der Waals surface area contributed by atoms with Gasteiger partial charge in [-0.1, -0.05) is 6.42 Å². The van der Waals surface area contributed by atoms with Crippen molar-refractivity contribution in [3.63, 3.8) is 0 Å². The molecular weight excluding hydrogens is 150 g/mol. The quantitative estimate of drug-likeness (QED) is 0.675. The van der Waals surface area contributed by atoms with E-state index in [4.69, 9.17) is 0 Å². The number of rotatable bonds is 3. The molecule has 1 aliphatic rings. The standard InChI is InChI=1S/C7H14F2N2/c8-7(9)6-10-11-4-2-1-3-5-11/h7,10H,1-6H2. The van der Waals surface area contributed by atoms with Crippen molar-refractivity contribution in [1.82, 2.24) is 10.4 Å². The first-order chi connectivity index (χ1) is 5.29. The minimum Gasteiger partial charge on any atom is -0.249 e. The van der Waals surface area contributed by atoms with Gasteiger partial charge in [0.1, 0.15) is 0 Å². The molecule has 0 aliphatic carbocycles. The fraction of sp³-hybridized carbons (Fsp3) is 1.00. The summed E-state index contributed by atoms with van der Waals surface area (Å²) in [6.07, 6.45) is 1.23. The number of hydrazine groups is 1. The molecule has 0 spiro atoms. The van der Waals surface area contributed by atoms with Crippen molar-refractivity contribution in [3.8, 4) is 0 Å². The summed E-state index contributed by atoms with van der Waals surface area (Å²) in [7, 11) is 0. The maximum absolute atomic E-state index is 11.7. The van der Waals surface area contributed by atoms with E-state index in [0.29, 0.717) is 0 Å². The Kier molecular flexibility index (Phi) is 3.72. The molecule has 1 N–H and O–H groups in total. The average molecular weight is 164 g/mol. The van der Waals surface area contributed by atoms with Crippen molar-refractivity contribution in [2.24, 2.45) is 0 Å². The van der Waals surface area contributed by atoms with Crippen molar-refractivity contribution < 1.29 is 8.78 Å². The van der Waals surface area contributed by atoms with E-state index >= 15 is 0 Å². The van der Waals surface area contributed by atoms with E-state index in [1.54, 1.807) is 0 Å². The van der Waals surface area contributed by atoms with Crippen LogP contribution in [0.2, 0.25) is 0 Å². The lowest BCUT2D eigenvalue weighted by Crippen LogP contribution is -2.43. The van der Waals surface area contributed by atoms with Gasteiger partial charge in [-0.25, -0.2) is 19.2 Å². The molecule has 1 saturated heterocycles. The molecule has 0 aromatic heterocycles. The van der Waals surface area contributed by atoms with Gasteiger partial charge in [-0.05, 0) is 12.8 Å². The zero-order valence-electron chi connectivity index (χ0n) is 6.52. The largest absolute Gasteiger partial charge is 0.252 e. The van der Waals surface area contributed by atoms with E-state index in [-0.39, 0.29) is 6.54 Å². The van der Waals surface area contributed by atoms with Crippen LogP contribution >= 0.6 is 0 Å². The highest BCUT2D eigenvalue weighted by atomic mass is 19.3. The highest BCUT2D eigenvalue weighted by Gasteiger charge is 2.10. The van der Waals surface area contributed by atoms with Crippen LogP contribution in [0, 0.1) is 0 Å². The molecule has 0 bridgehead atoms. The molecule has 0 amide bonds. The molecule has 1 rings (SSSR count). The van der Waals surface area contributed by atoms with Crippen molar-refractivity contribution in [2.45, 2.75) is 25.7 Å². The Hall–Kier alpha value is -0.220. The molecule has 0 aromatic rings. The first-order valence-electron chi connectivity index (χ1n) is 4.05. The predicted molar refractivity (Wildman–Crippen MR) is 39.4 cm³/mol. The molecule has 0 unspecified atom stereocenters. The van der Waals surface area contributed by atoms with Gasteiger partial charge in [0.25, 0.3) is 6.43 Å². The van der Waals surface area contributed by atoms with E-state index < -0.39 is 6.43 Å². The fourth-order valence-corrected chi connectivity index (χ4v) is 1.25. The maximum atomic E-state index is 11.7. The molecule has 0 radical (unpaired) electrons. The average Bonchev–Trinajstić information content (AvgIpc) is 2.03. The lowest BCUT2D eigenvalue weighted by atomic mass is 10.2. The van der Waals surface area contributed by atoms with Crippen molar-refractivity contribution in [2.75, 3.05) is 19.6 Å². The number of hydrogen-bond donors (Lipinski definition) is 1. The summed E-state index contributed by atoms with van der Waals surface area (Å²) in [5.74, 6) is 0. The van der Waals surface area contributed by atoms with Gasteiger partial charge in [-0.3, -0.25) is 0 Å². The third-order valence-electron chi connectivity index (χ3n) is 1.83. The predicted octanol–water partition coefficient (Wildman–Crippen LogP) is 1.24. The van der Waals surface area contributed by atoms with Crippen molar-refractivity contribution >= 4 is 0 Å². The van der Waals surface area contributed by atoms with E-state index in [1.165, 1.54) is 6.42 Å². The number of nitrogens with one attached hydrogen (secondary N) is 1. The number of nitrogens with zero attached hydrogens (tertiary/aromatic N) is 1. The Bertz CT molecular complexity index is 103. The second-order valence-corrected chi connectivity index (χ2v) is 2.80. The number of halogens is 2. The summed E-state index contributed by atoms with van der Waals surface area (Å²) < 4.78 is 23.4. The number of piperidine rings is 1. The van der Waals surface area contributed by atoms with Gasteiger partial charge in [-0.15, -0.1) is 0 Å². The van der Waals surface area contributed by atoms with Crippen LogP contribution in [0.5, 0.6) is 0 Å². The minimum absolute atomic E-state index is 0.208. The molecule has 4 heteroatoms. The summed E-state index contributed by atoms with van der Waals surface area (Å²) in [5.41, 5.74) is 2.70. The maximum Gasteiger partial charge on any atom is 0.252 e. The van der Waals surface area contributed by atoms with Gasteiger partial charge < -0.3 is 0 Å². The Morgan fingerprint density at radius 2 is 1.82 bits per heavy atom. The lowest BCUT2D eigenvalue weighted by molar-refractivity contribution is 0.0833. The highest BCUT2D eigenvalue weighted by molar-refractivity contribution is 4.60. The van der Waals surface area contributed by atoms with Crippen molar-refractivity contribution in [1.29, 1.82) is 0 Å². The fourth-order valence-electron chi connectivity index (χ4n) is 1.25. The normalized spacial score (nSPS) is 21.0. The summed E-state index contributed by atoms with van der Waals surface area (Å²) in [5, 5.41) is 1.88. The Labute approximate surface area is 65.5 Å². The first-order valence-corrected chi connectivity index (χ1v) is 4.05. The second-order valence-electron chi connectivity index (χ2n) is 2.80. The summed E-state index contributed by atoms with van der Waals surface area (Å²) in [4.78, 5) is 0. The number of hydrogen-bond acceptors (Lipinski definition) is 2. The topological polar surface area (TPSA) is 15.3 Å². The molecule has 0 aromatic carbocycles. The van der Waals surface area contributed by atoms with Gasteiger partial charge in [0.2, 0.25) is 0 Å². The molecule has 0 atom stereocenters. The summed E-state index contributed by atoms with van der Waals surface area (Å²) in [6.45, 7) is 1.61. The lowest BCUT2D eigenvalue weighted by Gasteiger charge is -2.26. The van der Waals surface area contributed by atoms with Gasteiger partial charge in [0, 0.05) is 13.1 Å². The molecule has 11 heavy (non-hydrogen) atoms. The molecular formula is C7H14F2N2. The highest BCUT2D eigenvalue weighted by Crippen LogP contribution is 2.05. The monoisotopic (exact) mass is 164 g/mol. The van der Waals surface area contributed by atoms with Crippen LogP contribution < -0.4 is 5.43 Å². The van der Waals surface area contributed by atoms with E-state index in [1.807, 2.05) is 5.01 Å². The molecule has 0 saturated carbocycles. The smallest absolute Gasteiger partial charge is 0.249 e. The third kappa shape index (κ3) is 3.62. The van der Waals surface area contributed by atoms with Crippen LogP contribution in [-0.4, -0.2) is 31.1 Å². The van der Waals surface area contributed by atoms with Gasteiger partial charge in [0.05, 0.1) is 6.54 Å². The first kappa shape index (κ1) is 8.87. The Morgan fingerprint density at radius 1 is 1.18 bits per heavy atom. The van der Waals surface area contributed by atoms with Gasteiger partial charge in [-0.2, -0.15) is 0 Å². The van der Waals surface area contributed by atoms with Crippen LogP contribution in [0.15, 0.2) is 0 Å². The minimum atomic E-state index is -2.24. The molecule has 2 nitrogen and oxygen atoms in total. The van der Waals surface area contributed by atoms with Gasteiger partial charge >= 0.3 is 0 Å². The zero-order valence-corrected chi connectivity index (χ0v) is 6.52. The van der Waals surface area contributed by atoms with E-state index in [0.717, 1.165) is 25.9 Å². The van der Waals surface area contributed by atoms with E-state index in [2.05, 4.69) is 5.43 Å². The number of alkyl halides is 2. The van der Waals surface area contributed by atoms with Crippen LogP contribution in [0.4, 0.5) is 8.78 Å². The Balaban J connectivity index is 2.05. The van der Waals surface area contributed by atoms with Crippen LogP contribution in [0.3, 0.4) is 0 Å².